The van der Waals surface area contributed by atoms with Gasteiger partial charge in [-0.3, -0.25) is 4.79 Å². The summed E-state index contributed by atoms with van der Waals surface area (Å²) in [7, 11) is 1.66. The Hall–Kier alpha value is -2.32. The van der Waals surface area contributed by atoms with Gasteiger partial charge in [0, 0.05) is 16.6 Å². The number of thioether (sulfide) groups is 1. The van der Waals surface area contributed by atoms with Gasteiger partial charge in [0.2, 0.25) is 11.8 Å². The molecule has 0 saturated heterocycles. The zero-order valence-electron chi connectivity index (χ0n) is 15.4. The summed E-state index contributed by atoms with van der Waals surface area (Å²) in [6, 6.07) is 15.5. The number of carbonyl (C=O) groups excluding carboxylic acids is 1. The standard InChI is InChI=1S/C20H20BrN3O3S/c1-26-17-10-8-14(9-11-17)4-2-7-19-23-24-20(27-19)28-13-18(25)22-16-6-3-5-15(21)12-16/h3,5-6,8-12H,2,4,7,13H2,1H3,(H,22,25). The number of benzene rings is 2. The summed E-state index contributed by atoms with van der Waals surface area (Å²) < 4.78 is 11.7. The SMILES string of the molecule is COc1ccc(CCCc2nnc(SCC(=O)Nc3cccc(Br)c3)o2)cc1. The molecular weight excluding hydrogens is 442 g/mol. The number of nitrogens with zero attached hydrogens (tertiary/aromatic N) is 2. The Morgan fingerprint density at radius 2 is 2.00 bits per heavy atom. The van der Waals surface area contributed by atoms with E-state index in [9.17, 15) is 4.79 Å². The average molecular weight is 462 g/mol. The first kappa shape index (κ1) is 20.4. The fourth-order valence-corrected chi connectivity index (χ4v) is 3.50. The van der Waals surface area contributed by atoms with E-state index < -0.39 is 0 Å². The molecule has 0 aliphatic heterocycles. The molecule has 0 fully saturated rings. The van der Waals surface area contributed by atoms with Gasteiger partial charge in [-0.1, -0.05) is 45.9 Å². The first-order valence-corrected chi connectivity index (χ1v) is 10.5. The third-order valence-electron chi connectivity index (χ3n) is 3.90. The van der Waals surface area contributed by atoms with Crippen molar-refractivity contribution in [3.8, 4) is 5.75 Å². The number of aryl methyl sites for hydroxylation is 2. The molecule has 3 aromatic rings. The molecule has 146 valence electrons. The molecule has 0 radical (unpaired) electrons. The normalized spacial score (nSPS) is 10.6. The molecule has 0 aliphatic rings. The molecule has 0 spiro atoms. The van der Waals surface area contributed by atoms with Gasteiger partial charge in [-0.05, 0) is 48.7 Å². The van der Waals surface area contributed by atoms with E-state index in [1.54, 1.807) is 7.11 Å². The van der Waals surface area contributed by atoms with Crippen molar-refractivity contribution in [3.63, 3.8) is 0 Å². The highest BCUT2D eigenvalue weighted by Crippen LogP contribution is 2.19. The maximum absolute atomic E-state index is 12.0. The van der Waals surface area contributed by atoms with Gasteiger partial charge < -0.3 is 14.5 Å². The number of rotatable bonds is 9. The first-order valence-electron chi connectivity index (χ1n) is 8.76. The van der Waals surface area contributed by atoms with Crippen molar-refractivity contribution < 1.29 is 13.9 Å². The van der Waals surface area contributed by atoms with E-state index in [0.717, 1.165) is 28.8 Å². The van der Waals surface area contributed by atoms with Crippen LogP contribution in [0.3, 0.4) is 0 Å². The van der Waals surface area contributed by atoms with Crippen molar-refractivity contribution in [1.82, 2.24) is 10.2 Å². The van der Waals surface area contributed by atoms with Crippen LogP contribution in [-0.2, 0) is 17.6 Å². The molecule has 0 saturated carbocycles. The number of methoxy groups -OCH3 is 1. The lowest BCUT2D eigenvalue weighted by molar-refractivity contribution is -0.113. The van der Waals surface area contributed by atoms with Crippen molar-refractivity contribution in [3.05, 3.63) is 64.5 Å². The van der Waals surface area contributed by atoms with Crippen molar-refractivity contribution in [1.29, 1.82) is 0 Å². The average Bonchev–Trinajstić information content (AvgIpc) is 3.15. The third-order valence-corrected chi connectivity index (χ3v) is 5.21. The van der Waals surface area contributed by atoms with Crippen LogP contribution in [-0.4, -0.2) is 29.0 Å². The van der Waals surface area contributed by atoms with Crippen LogP contribution in [0.2, 0.25) is 0 Å². The molecule has 1 heterocycles. The number of carbonyl (C=O) groups is 1. The lowest BCUT2D eigenvalue weighted by Crippen LogP contribution is -2.13. The molecule has 0 bridgehead atoms. The highest BCUT2D eigenvalue weighted by atomic mass is 79.9. The topological polar surface area (TPSA) is 77.2 Å². The van der Waals surface area contributed by atoms with Gasteiger partial charge in [0.1, 0.15) is 5.75 Å². The second-order valence-corrected chi connectivity index (χ2v) is 7.85. The fraction of sp³-hybridized carbons (Fsp3) is 0.250. The highest BCUT2D eigenvalue weighted by molar-refractivity contribution is 9.10. The van der Waals surface area contributed by atoms with E-state index in [0.29, 0.717) is 17.5 Å². The minimum Gasteiger partial charge on any atom is -0.497 e. The van der Waals surface area contributed by atoms with Gasteiger partial charge in [-0.15, -0.1) is 10.2 Å². The van der Waals surface area contributed by atoms with Crippen LogP contribution in [0.25, 0.3) is 0 Å². The maximum atomic E-state index is 12.0. The van der Waals surface area contributed by atoms with Crippen LogP contribution >= 0.6 is 27.7 Å². The van der Waals surface area contributed by atoms with Crippen molar-refractivity contribution in [2.75, 3.05) is 18.2 Å². The zero-order chi connectivity index (χ0) is 19.8. The van der Waals surface area contributed by atoms with Crippen LogP contribution in [0.5, 0.6) is 5.75 Å². The van der Waals surface area contributed by atoms with E-state index in [1.807, 2.05) is 36.4 Å². The number of anilines is 1. The molecule has 1 amide bonds. The molecule has 28 heavy (non-hydrogen) atoms. The Balaban J connectivity index is 1.40. The summed E-state index contributed by atoms with van der Waals surface area (Å²) in [5.74, 6) is 1.53. The van der Waals surface area contributed by atoms with E-state index in [-0.39, 0.29) is 11.7 Å². The molecule has 1 N–H and O–H groups in total. The minimum absolute atomic E-state index is 0.123. The van der Waals surface area contributed by atoms with E-state index in [2.05, 4.69) is 43.6 Å². The largest absolute Gasteiger partial charge is 0.497 e. The lowest BCUT2D eigenvalue weighted by Gasteiger charge is -2.04. The number of halogens is 1. The number of nitrogens with one attached hydrogen (secondary N) is 1. The summed E-state index contributed by atoms with van der Waals surface area (Å²) in [5, 5.41) is 11.3. The lowest BCUT2D eigenvalue weighted by atomic mass is 10.1. The quantitative estimate of drug-likeness (QED) is 0.463. The number of amides is 1. The smallest absolute Gasteiger partial charge is 0.277 e. The molecular formula is C20H20BrN3O3S. The first-order chi connectivity index (χ1) is 13.6. The molecule has 1 aromatic heterocycles. The number of hydrogen-bond acceptors (Lipinski definition) is 6. The van der Waals surface area contributed by atoms with E-state index in [1.165, 1.54) is 17.3 Å². The summed E-state index contributed by atoms with van der Waals surface area (Å²) >= 11 is 4.61. The molecule has 8 heteroatoms. The van der Waals surface area contributed by atoms with Gasteiger partial charge in [0.15, 0.2) is 0 Å². The summed E-state index contributed by atoms with van der Waals surface area (Å²) in [4.78, 5) is 12.0. The Labute approximate surface area is 176 Å². The van der Waals surface area contributed by atoms with Gasteiger partial charge in [-0.2, -0.15) is 0 Å². The Morgan fingerprint density at radius 3 is 2.75 bits per heavy atom. The third kappa shape index (κ3) is 6.38. The fourth-order valence-electron chi connectivity index (χ4n) is 2.52. The molecule has 6 nitrogen and oxygen atoms in total. The summed E-state index contributed by atoms with van der Waals surface area (Å²) in [5.41, 5.74) is 1.98. The van der Waals surface area contributed by atoms with E-state index in [4.69, 9.17) is 9.15 Å². The van der Waals surface area contributed by atoms with Gasteiger partial charge in [0.05, 0.1) is 12.9 Å². The maximum Gasteiger partial charge on any atom is 0.277 e. The summed E-state index contributed by atoms with van der Waals surface area (Å²) in [6.45, 7) is 0. The zero-order valence-corrected chi connectivity index (χ0v) is 17.8. The number of ether oxygens (including phenoxy) is 1. The van der Waals surface area contributed by atoms with Gasteiger partial charge in [0.25, 0.3) is 5.22 Å². The second kappa shape index (κ2) is 10.3. The molecule has 0 unspecified atom stereocenters. The molecule has 0 aliphatic carbocycles. The predicted molar refractivity (Wildman–Crippen MR) is 113 cm³/mol. The Bertz CT molecular complexity index is 915. The Morgan fingerprint density at radius 1 is 1.18 bits per heavy atom. The number of aromatic nitrogens is 2. The minimum atomic E-state index is -0.123. The van der Waals surface area contributed by atoms with Crippen LogP contribution in [0.1, 0.15) is 17.9 Å². The van der Waals surface area contributed by atoms with E-state index >= 15 is 0 Å². The van der Waals surface area contributed by atoms with Gasteiger partial charge >= 0.3 is 0 Å². The highest BCUT2D eigenvalue weighted by Gasteiger charge is 2.10. The Kier molecular flexibility index (Phi) is 7.50. The van der Waals surface area contributed by atoms with Crippen molar-refractivity contribution >= 4 is 39.3 Å². The van der Waals surface area contributed by atoms with Crippen molar-refractivity contribution in [2.24, 2.45) is 0 Å². The van der Waals surface area contributed by atoms with Crippen LogP contribution in [0, 0.1) is 0 Å². The predicted octanol–water partition coefficient (Wildman–Crippen LogP) is 4.75. The van der Waals surface area contributed by atoms with Gasteiger partial charge in [-0.25, -0.2) is 0 Å². The molecule has 2 aromatic carbocycles. The van der Waals surface area contributed by atoms with Crippen LogP contribution < -0.4 is 10.1 Å². The summed E-state index contributed by atoms with van der Waals surface area (Å²) in [6.07, 6.45) is 2.52. The number of hydrogen-bond donors (Lipinski definition) is 1. The molecule has 3 rings (SSSR count). The molecule has 0 atom stereocenters. The van der Waals surface area contributed by atoms with Crippen LogP contribution in [0.4, 0.5) is 5.69 Å². The van der Waals surface area contributed by atoms with Crippen molar-refractivity contribution in [2.45, 2.75) is 24.5 Å². The monoisotopic (exact) mass is 461 g/mol. The second-order valence-electron chi connectivity index (χ2n) is 6.01. The van der Waals surface area contributed by atoms with Crippen LogP contribution in [0.15, 0.2) is 62.6 Å².